The van der Waals surface area contributed by atoms with Crippen LogP contribution in [0.3, 0.4) is 0 Å². The summed E-state index contributed by atoms with van der Waals surface area (Å²) in [6.45, 7) is 0. The van der Waals surface area contributed by atoms with E-state index in [4.69, 9.17) is 5.11 Å². The highest BCUT2D eigenvalue weighted by Gasteiger charge is 2.46. The number of rotatable bonds is 2. The molecule has 4 nitrogen and oxygen atoms in total. The van der Waals surface area contributed by atoms with Crippen LogP contribution in [0.4, 0.5) is 0 Å². The van der Waals surface area contributed by atoms with Gasteiger partial charge in [0.2, 0.25) is 0 Å². The molecule has 12 heavy (non-hydrogen) atoms. The van der Waals surface area contributed by atoms with Crippen LogP contribution in [0.1, 0.15) is 18.0 Å². The van der Waals surface area contributed by atoms with E-state index in [9.17, 15) is 4.79 Å². The lowest BCUT2D eigenvalue weighted by molar-refractivity contribution is -0.138. The smallest absolute Gasteiger partial charge is 0.307 e. The van der Waals surface area contributed by atoms with E-state index in [1.807, 2.05) is 0 Å². The molecule has 64 valence electrons. The first-order valence-corrected chi connectivity index (χ1v) is 4.41. The average molecular weight is 231 g/mol. The zero-order valence-corrected chi connectivity index (χ0v) is 7.71. The van der Waals surface area contributed by atoms with Crippen LogP contribution < -0.4 is 0 Å². The zero-order chi connectivity index (χ0) is 8.72. The van der Waals surface area contributed by atoms with Gasteiger partial charge >= 0.3 is 5.97 Å². The normalized spacial score (nSPS) is 27.1. The zero-order valence-electron chi connectivity index (χ0n) is 6.12. The fourth-order valence-electron chi connectivity index (χ4n) is 1.33. The molecule has 0 unspecified atom stereocenters. The molecule has 0 aromatic carbocycles. The number of hydrogen-bond acceptors (Lipinski definition) is 2. The Hall–Kier alpha value is -0.840. The number of carboxylic acids is 1. The lowest BCUT2D eigenvalue weighted by Crippen LogP contribution is -1.99. The van der Waals surface area contributed by atoms with Gasteiger partial charge in [0.25, 0.3) is 0 Å². The molecule has 1 heterocycles. The van der Waals surface area contributed by atoms with Crippen molar-refractivity contribution in [1.29, 1.82) is 0 Å². The summed E-state index contributed by atoms with van der Waals surface area (Å²) in [6, 6.07) is 0. The van der Waals surface area contributed by atoms with Gasteiger partial charge in [-0.25, -0.2) is 0 Å². The van der Waals surface area contributed by atoms with Gasteiger partial charge in [0.15, 0.2) is 0 Å². The van der Waals surface area contributed by atoms with Crippen molar-refractivity contribution in [3.8, 4) is 0 Å². The molecule has 0 amide bonds. The third-order valence-electron chi connectivity index (χ3n) is 2.10. The minimum absolute atomic E-state index is 0.124. The molecular formula is C7H7BrN2O2. The largest absolute Gasteiger partial charge is 0.481 e. The van der Waals surface area contributed by atoms with Gasteiger partial charge in [-0.05, 0) is 22.4 Å². The predicted octanol–water partition coefficient (Wildman–Crippen LogP) is 1.36. The minimum atomic E-state index is -0.721. The number of nitrogens with one attached hydrogen (secondary N) is 1. The van der Waals surface area contributed by atoms with E-state index in [1.165, 1.54) is 0 Å². The Bertz CT molecular complexity index is 323. The average Bonchev–Trinajstić information content (AvgIpc) is 2.70. The van der Waals surface area contributed by atoms with Gasteiger partial charge in [-0.1, -0.05) is 0 Å². The molecular weight excluding hydrogens is 224 g/mol. The van der Waals surface area contributed by atoms with Crippen LogP contribution in [0.2, 0.25) is 0 Å². The van der Waals surface area contributed by atoms with Crippen molar-refractivity contribution in [3.63, 3.8) is 0 Å². The number of carbonyl (C=O) groups is 1. The molecule has 0 spiro atoms. The Balaban J connectivity index is 2.15. The number of halogens is 1. The van der Waals surface area contributed by atoms with Crippen LogP contribution in [-0.4, -0.2) is 21.3 Å². The highest BCUT2D eigenvalue weighted by atomic mass is 79.9. The first-order chi connectivity index (χ1) is 5.70. The van der Waals surface area contributed by atoms with E-state index in [2.05, 4.69) is 26.1 Å². The van der Waals surface area contributed by atoms with Crippen molar-refractivity contribution < 1.29 is 9.90 Å². The van der Waals surface area contributed by atoms with Crippen molar-refractivity contribution in [2.75, 3.05) is 0 Å². The number of H-pyrrole nitrogens is 1. The Kier molecular flexibility index (Phi) is 1.68. The molecule has 1 fully saturated rings. The SMILES string of the molecule is O=C(O)[C@@H]1C[C@H]1c1[nH]ncc1Br. The first kappa shape index (κ1) is 7.79. The van der Waals surface area contributed by atoms with Gasteiger partial charge < -0.3 is 5.11 Å². The third-order valence-corrected chi connectivity index (χ3v) is 2.73. The van der Waals surface area contributed by atoms with Crippen molar-refractivity contribution in [1.82, 2.24) is 10.2 Å². The van der Waals surface area contributed by atoms with Gasteiger partial charge in [-0.3, -0.25) is 9.89 Å². The maximum Gasteiger partial charge on any atom is 0.307 e. The van der Waals surface area contributed by atoms with Crippen LogP contribution in [0.25, 0.3) is 0 Å². The number of nitrogens with zero attached hydrogens (tertiary/aromatic N) is 1. The van der Waals surface area contributed by atoms with E-state index in [0.717, 1.165) is 16.6 Å². The van der Waals surface area contributed by atoms with Crippen molar-refractivity contribution in [2.45, 2.75) is 12.3 Å². The van der Waals surface area contributed by atoms with Gasteiger partial charge in [0, 0.05) is 5.92 Å². The molecule has 1 aliphatic carbocycles. The second kappa shape index (κ2) is 2.58. The fraction of sp³-hybridized carbons (Fsp3) is 0.429. The molecule has 2 N–H and O–H groups in total. The van der Waals surface area contributed by atoms with Crippen LogP contribution in [-0.2, 0) is 4.79 Å². The number of carboxylic acid groups (broad SMARTS) is 1. The van der Waals surface area contributed by atoms with Crippen molar-refractivity contribution in [3.05, 3.63) is 16.4 Å². The summed E-state index contributed by atoms with van der Waals surface area (Å²) in [6.07, 6.45) is 2.36. The number of aromatic nitrogens is 2. The van der Waals surface area contributed by atoms with Gasteiger partial charge in [0.1, 0.15) is 0 Å². The summed E-state index contributed by atoms with van der Waals surface area (Å²) < 4.78 is 0.872. The molecule has 5 heteroatoms. The molecule has 0 radical (unpaired) electrons. The van der Waals surface area contributed by atoms with Crippen molar-refractivity contribution in [2.24, 2.45) is 5.92 Å². The Morgan fingerprint density at radius 3 is 3.00 bits per heavy atom. The molecule has 0 saturated heterocycles. The quantitative estimate of drug-likeness (QED) is 0.807. The maximum atomic E-state index is 10.5. The second-order valence-corrected chi connectivity index (χ2v) is 3.77. The molecule has 2 atom stereocenters. The standard InChI is InChI=1S/C7H7BrN2O2/c8-5-2-9-10-6(5)3-1-4(3)7(11)12/h2-4H,1H2,(H,9,10)(H,11,12)/t3-,4-/m1/s1. The topological polar surface area (TPSA) is 66.0 Å². The van der Waals surface area contributed by atoms with Crippen LogP contribution in [0, 0.1) is 5.92 Å². The summed E-state index contributed by atoms with van der Waals surface area (Å²) in [4.78, 5) is 10.5. The minimum Gasteiger partial charge on any atom is -0.481 e. The third kappa shape index (κ3) is 1.14. The van der Waals surface area contributed by atoms with Gasteiger partial charge in [-0.2, -0.15) is 5.10 Å². The van der Waals surface area contributed by atoms with E-state index < -0.39 is 5.97 Å². The first-order valence-electron chi connectivity index (χ1n) is 3.61. The number of aliphatic carboxylic acids is 1. The highest BCUT2D eigenvalue weighted by Crippen LogP contribution is 2.48. The molecule has 2 rings (SSSR count). The molecule has 0 aliphatic heterocycles. The van der Waals surface area contributed by atoms with Crippen LogP contribution >= 0.6 is 15.9 Å². The van der Waals surface area contributed by atoms with Gasteiger partial charge in [0.05, 0.1) is 22.3 Å². The second-order valence-electron chi connectivity index (χ2n) is 2.92. The number of aromatic amines is 1. The summed E-state index contributed by atoms with van der Waals surface area (Å²) in [7, 11) is 0. The van der Waals surface area contributed by atoms with E-state index in [0.29, 0.717) is 0 Å². The fourth-order valence-corrected chi connectivity index (χ4v) is 1.81. The summed E-state index contributed by atoms with van der Waals surface area (Å²) in [5, 5.41) is 15.3. The molecule has 1 saturated carbocycles. The van der Waals surface area contributed by atoms with E-state index >= 15 is 0 Å². The van der Waals surface area contributed by atoms with E-state index in [1.54, 1.807) is 6.20 Å². The summed E-state index contributed by atoms with van der Waals surface area (Å²) >= 11 is 3.30. The van der Waals surface area contributed by atoms with E-state index in [-0.39, 0.29) is 11.8 Å². The predicted molar refractivity (Wildman–Crippen MR) is 44.8 cm³/mol. The molecule has 0 bridgehead atoms. The Morgan fingerprint density at radius 1 is 1.83 bits per heavy atom. The van der Waals surface area contributed by atoms with Crippen LogP contribution in [0.15, 0.2) is 10.7 Å². The Labute approximate surface area is 77.1 Å². The molecule has 1 aliphatic rings. The summed E-state index contributed by atoms with van der Waals surface area (Å²) in [5.41, 5.74) is 0.905. The lowest BCUT2D eigenvalue weighted by atomic mass is 10.2. The number of hydrogen-bond donors (Lipinski definition) is 2. The van der Waals surface area contributed by atoms with Crippen molar-refractivity contribution >= 4 is 21.9 Å². The van der Waals surface area contributed by atoms with Crippen LogP contribution in [0.5, 0.6) is 0 Å². The monoisotopic (exact) mass is 230 g/mol. The van der Waals surface area contributed by atoms with Gasteiger partial charge in [-0.15, -0.1) is 0 Å². The Morgan fingerprint density at radius 2 is 2.58 bits per heavy atom. The lowest BCUT2D eigenvalue weighted by Gasteiger charge is -1.92. The molecule has 1 aromatic heterocycles. The maximum absolute atomic E-state index is 10.5. The molecule has 1 aromatic rings. The highest BCUT2D eigenvalue weighted by molar-refractivity contribution is 9.10. The summed E-state index contributed by atoms with van der Waals surface area (Å²) in [5.74, 6) is -0.817.